The molecule has 0 atom stereocenters. The highest BCUT2D eigenvalue weighted by molar-refractivity contribution is 6.34. The molecule has 0 unspecified atom stereocenters. The van der Waals surface area contributed by atoms with Crippen LogP contribution in [0, 0.1) is 0 Å². The van der Waals surface area contributed by atoms with Crippen molar-refractivity contribution in [3.63, 3.8) is 0 Å². The summed E-state index contributed by atoms with van der Waals surface area (Å²) in [4.78, 5) is 22.3. The third-order valence-corrected chi connectivity index (χ3v) is 2.97. The van der Waals surface area contributed by atoms with Crippen LogP contribution in [0.15, 0.2) is 42.5 Å². The van der Waals surface area contributed by atoms with Crippen LogP contribution in [0.3, 0.4) is 0 Å². The van der Waals surface area contributed by atoms with Gasteiger partial charge in [-0.25, -0.2) is 9.59 Å². The van der Waals surface area contributed by atoms with E-state index in [0.717, 1.165) is 0 Å². The van der Waals surface area contributed by atoms with Crippen LogP contribution in [0.25, 0.3) is 0 Å². The maximum absolute atomic E-state index is 11.2. The smallest absolute Gasteiger partial charge is 0.339 e. The molecule has 0 radical (unpaired) electrons. The van der Waals surface area contributed by atoms with Crippen molar-refractivity contribution in [2.75, 3.05) is 5.32 Å². The summed E-state index contributed by atoms with van der Waals surface area (Å²) in [5, 5.41) is 21.1. The fourth-order valence-corrected chi connectivity index (χ4v) is 2.02. The van der Waals surface area contributed by atoms with E-state index in [1.165, 1.54) is 18.2 Å². The normalized spacial score (nSPS) is 10.1. The lowest BCUT2D eigenvalue weighted by Gasteiger charge is -2.12. The van der Waals surface area contributed by atoms with Crippen LogP contribution in [0.4, 0.5) is 11.4 Å². The zero-order valence-corrected chi connectivity index (χ0v) is 10.9. The number of nitrogens with one attached hydrogen (secondary N) is 1. The summed E-state index contributed by atoms with van der Waals surface area (Å²) >= 11 is 5.86. The summed E-state index contributed by atoms with van der Waals surface area (Å²) in [6, 6.07) is 10.8. The van der Waals surface area contributed by atoms with Crippen molar-refractivity contribution >= 4 is 34.9 Å². The lowest BCUT2D eigenvalue weighted by Crippen LogP contribution is -2.06. The van der Waals surface area contributed by atoms with E-state index in [0.29, 0.717) is 5.69 Å². The number of hydrogen-bond acceptors (Lipinski definition) is 3. The topological polar surface area (TPSA) is 86.6 Å². The van der Waals surface area contributed by atoms with Crippen LogP contribution in [-0.2, 0) is 0 Å². The van der Waals surface area contributed by atoms with E-state index in [-0.39, 0.29) is 21.8 Å². The molecule has 2 aromatic carbocycles. The van der Waals surface area contributed by atoms with Crippen molar-refractivity contribution in [1.82, 2.24) is 0 Å². The second-order valence-electron chi connectivity index (χ2n) is 3.94. The molecule has 0 fully saturated rings. The van der Waals surface area contributed by atoms with Gasteiger partial charge >= 0.3 is 11.9 Å². The Bertz CT molecular complexity index is 685. The van der Waals surface area contributed by atoms with Crippen LogP contribution in [0.2, 0.25) is 5.02 Å². The second-order valence-corrected chi connectivity index (χ2v) is 4.35. The highest BCUT2D eigenvalue weighted by Gasteiger charge is 2.16. The molecule has 0 bridgehead atoms. The third-order valence-electron chi connectivity index (χ3n) is 2.65. The summed E-state index contributed by atoms with van der Waals surface area (Å²) < 4.78 is 0. The second kappa shape index (κ2) is 5.63. The number of carbonyl (C=O) groups is 2. The molecule has 0 amide bonds. The predicted octanol–water partition coefficient (Wildman–Crippen LogP) is 3.48. The largest absolute Gasteiger partial charge is 0.478 e. The molecule has 0 aliphatic rings. The van der Waals surface area contributed by atoms with Gasteiger partial charge in [0, 0.05) is 0 Å². The lowest BCUT2D eigenvalue weighted by molar-refractivity contribution is 0.0688. The Morgan fingerprint density at radius 1 is 0.900 bits per heavy atom. The van der Waals surface area contributed by atoms with Crippen LogP contribution in [0.5, 0.6) is 0 Å². The molecule has 2 aromatic rings. The first kappa shape index (κ1) is 13.9. The van der Waals surface area contributed by atoms with E-state index in [1.54, 1.807) is 24.3 Å². The molecule has 0 aliphatic heterocycles. The number of rotatable bonds is 4. The Kier molecular flexibility index (Phi) is 3.91. The van der Waals surface area contributed by atoms with Crippen LogP contribution >= 0.6 is 11.6 Å². The zero-order chi connectivity index (χ0) is 14.7. The summed E-state index contributed by atoms with van der Waals surface area (Å²) in [5.41, 5.74) is 0.474. The quantitative estimate of drug-likeness (QED) is 0.803. The number of carboxylic acids is 2. The number of benzene rings is 2. The van der Waals surface area contributed by atoms with Crippen LogP contribution in [-0.4, -0.2) is 22.2 Å². The van der Waals surface area contributed by atoms with Gasteiger partial charge in [0.05, 0.1) is 22.0 Å². The molecule has 0 saturated heterocycles. The molecule has 102 valence electrons. The number of anilines is 2. The Hall–Kier alpha value is -2.53. The Labute approximate surface area is 119 Å². The Morgan fingerprint density at radius 3 is 2.20 bits per heavy atom. The highest BCUT2D eigenvalue weighted by Crippen LogP contribution is 2.28. The molecule has 3 N–H and O–H groups in total. The minimum atomic E-state index is -1.19. The lowest BCUT2D eigenvalue weighted by atomic mass is 10.1. The van der Waals surface area contributed by atoms with Gasteiger partial charge in [-0.05, 0) is 24.3 Å². The fourth-order valence-electron chi connectivity index (χ4n) is 1.77. The van der Waals surface area contributed by atoms with E-state index < -0.39 is 11.9 Å². The minimum Gasteiger partial charge on any atom is -0.478 e. The first-order valence-electron chi connectivity index (χ1n) is 5.62. The molecule has 0 aliphatic carbocycles. The summed E-state index contributed by atoms with van der Waals surface area (Å²) in [7, 11) is 0. The molecule has 0 spiro atoms. The molecule has 5 nitrogen and oxygen atoms in total. The van der Waals surface area contributed by atoms with Gasteiger partial charge < -0.3 is 15.5 Å². The SMILES string of the molecule is O=C(O)c1ccccc1Nc1cccc(Cl)c1C(=O)O. The number of para-hydroxylation sites is 1. The van der Waals surface area contributed by atoms with Crippen molar-refractivity contribution in [1.29, 1.82) is 0 Å². The van der Waals surface area contributed by atoms with E-state index >= 15 is 0 Å². The van der Waals surface area contributed by atoms with Gasteiger partial charge in [-0.15, -0.1) is 0 Å². The first-order chi connectivity index (χ1) is 9.50. The van der Waals surface area contributed by atoms with Gasteiger partial charge in [0.2, 0.25) is 0 Å². The average molecular weight is 292 g/mol. The third kappa shape index (κ3) is 2.73. The Balaban J connectivity index is 2.49. The molecule has 0 aromatic heterocycles. The minimum absolute atomic E-state index is 0.0452. The van der Waals surface area contributed by atoms with E-state index in [2.05, 4.69) is 5.32 Å². The summed E-state index contributed by atoms with van der Waals surface area (Å²) in [6.45, 7) is 0. The van der Waals surface area contributed by atoms with Gasteiger partial charge in [0.1, 0.15) is 5.56 Å². The molecular formula is C14H10ClNO4. The van der Waals surface area contributed by atoms with E-state index in [9.17, 15) is 9.59 Å². The van der Waals surface area contributed by atoms with Crippen molar-refractivity contribution in [2.24, 2.45) is 0 Å². The van der Waals surface area contributed by atoms with E-state index in [1.807, 2.05) is 0 Å². The number of aromatic carboxylic acids is 2. The number of halogens is 1. The fraction of sp³-hybridized carbons (Fsp3) is 0. The molecular weight excluding hydrogens is 282 g/mol. The van der Waals surface area contributed by atoms with Crippen molar-refractivity contribution < 1.29 is 19.8 Å². The molecule has 0 heterocycles. The van der Waals surface area contributed by atoms with Gasteiger partial charge in [-0.3, -0.25) is 0 Å². The monoisotopic (exact) mass is 291 g/mol. The maximum Gasteiger partial charge on any atom is 0.339 e. The van der Waals surface area contributed by atoms with Crippen molar-refractivity contribution in [3.05, 3.63) is 58.6 Å². The van der Waals surface area contributed by atoms with Crippen LogP contribution in [0.1, 0.15) is 20.7 Å². The van der Waals surface area contributed by atoms with Gasteiger partial charge in [0.15, 0.2) is 0 Å². The van der Waals surface area contributed by atoms with Crippen molar-refractivity contribution in [2.45, 2.75) is 0 Å². The van der Waals surface area contributed by atoms with Crippen LogP contribution < -0.4 is 5.32 Å². The molecule has 2 rings (SSSR count). The first-order valence-corrected chi connectivity index (χ1v) is 5.99. The summed E-state index contributed by atoms with van der Waals surface area (Å²) in [6.07, 6.45) is 0. The predicted molar refractivity (Wildman–Crippen MR) is 75.1 cm³/mol. The summed E-state index contributed by atoms with van der Waals surface area (Å²) in [5.74, 6) is -2.29. The molecule has 20 heavy (non-hydrogen) atoms. The standard InChI is InChI=1S/C14H10ClNO4/c15-9-5-3-7-11(12(9)14(19)20)16-10-6-2-1-4-8(10)13(17)18/h1-7,16H,(H,17,18)(H,19,20). The highest BCUT2D eigenvalue weighted by atomic mass is 35.5. The zero-order valence-electron chi connectivity index (χ0n) is 10.1. The van der Waals surface area contributed by atoms with Gasteiger partial charge in [-0.1, -0.05) is 29.8 Å². The molecule has 0 saturated carbocycles. The average Bonchev–Trinajstić information content (AvgIpc) is 2.38. The number of hydrogen-bond donors (Lipinski definition) is 3. The molecule has 6 heteroatoms. The van der Waals surface area contributed by atoms with Gasteiger partial charge in [-0.2, -0.15) is 0 Å². The Morgan fingerprint density at radius 2 is 1.55 bits per heavy atom. The van der Waals surface area contributed by atoms with Gasteiger partial charge in [0.25, 0.3) is 0 Å². The van der Waals surface area contributed by atoms with Crippen molar-refractivity contribution in [3.8, 4) is 0 Å². The van der Waals surface area contributed by atoms with E-state index in [4.69, 9.17) is 21.8 Å². The maximum atomic E-state index is 11.2. The number of carboxylic acid groups (broad SMARTS) is 2.